The van der Waals surface area contributed by atoms with E-state index in [1.807, 2.05) is 6.92 Å². The van der Waals surface area contributed by atoms with Crippen LogP contribution in [-0.4, -0.2) is 37.7 Å². The number of hydrogen-bond acceptors (Lipinski definition) is 3. The average Bonchev–Trinajstić information content (AvgIpc) is 2.98. The summed E-state index contributed by atoms with van der Waals surface area (Å²) in [7, 11) is 0. The molecule has 0 aromatic heterocycles. The molecule has 0 N–H and O–H groups in total. The minimum absolute atomic E-state index is 0.330. The molecule has 0 atom stereocenters. The highest BCUT2D eigenvalue weighted by Crippen LogP contribution is 2.48. The Morgan fingerprint density at radius 2 is 2.13 bits per heavy atom. The number of nitriles is 1. The molecular weight excluding hydrogens is 188 g/mol. The van der Waals surface area contributed by atoms with Gasteiger partial charge in [-0.2, -0.15) is 5.26 Å². The molecule has 0 bridgehead atoms. The second-order valence-corrected chi connectivity index (χ2v) is 4.40. The molecule has 1 saturated carbocycles. The van der Waals surface area contributed by atoms with E-state index in [9.17, 15) is 0 Å². The number of hydrogen-bond donors (Lipinski definition) is 0. The maximum absolute atomic E-state index is 8.75. The van der Waals surface area contributed by atoms with Crippen LogP contribution >= 0.6 is 0 Å². The zero-order chi connectivity index (χ0) is 11.1. The highest BCUT2D eigenvalue weighted by atomic mass is 16.5. The fourth-order valence-corrected chi connectivity index (χ4v) is 1.90. The van der Waals surface area contributed by atoms with E-state index in [1.54, 1.807) is 0 Å². The number of nitrogens with zero attached hydrogens (tertiary/aromatic N) is 2. The van der Waals surface area contributed by atoms with Crippen molar-refractivity contribution in [1.82, 2.24) is 4.90 Å². The molecule has 0 saturated heterocycles. The van der Waals surface area contributed by atoms with E-state index in [0.29, 0.717) is 5.41 Å². The molecule has 0 aromatic rings. The Kier molecular flexibility index (Phi) is 5.07. The van der Waals surface area contributed by atoms with Crippen molar-refractivity contribution in [3.8, 4) is 6.07 Å². The summed E-state index contributed by atoms with van der Waals surface area (Å²) in [5, 5.41) is 8.75. The van der Waals surface area contributed by atoms with Gasteiger partial charge in [-0.3, -0.25) is 0 Å². The Morgan fingerprint density at radius 3 is 2.60 bits per heavy atom. The van der Waals surface area contributed by atoms with Crippen LogP contribution in [0.25, 0.3) is 0 Å². The molecule has 0 radical (unpaired) electrons. The normalized spacial score (nSPS) is 17.7. The van der Waals surface area contributed by atoms with E-state index < -0.39 is 0 Å². The first-order valence-corrected chi connectivity index (χ1v) is 5.93. The van der Waals surface area contributed by atoms with Gasteiger partial charge in [0.05, 0.1) is 12.7 Å². The van der Waals surface area contributed by atoms with Crippen LogP contribution in [0.2, 0.25) is 0 Å². The fourth-order valence-electron chi connectivity index (χ4n) is 1.90. The standard InChI is InChI=1S/C12H22N2O/c1-3-14(9-10-15-4-2)11-12(5-6-12)7-8-13/h3-7,9-11H2,1-2H3. The van der Waals surface area contributed by atoms with Crippen LogP contribution in [0.3, 0.4) is 0 Å². The summed E-state index contributed by atoms with van der Waals surface area (Å²) >= 11 is 0. The van der Waals surface area contributed by atoms with Gasteiger partial charge in [-0.05, 0) is 31.7 Å². The van der Waals surface area contributed by atoms with Gasteiger partial charge in [-0.1, -0.05) is 6.92 Å². The van der Waals surface area contributed by atoms with Crippen LogP contribution in [0, 0.1) is 16.7 Å². The first kappa shape index (κ1) is 12.5. The molecule has 0 amide bonds. The summed E-state index contributed by atoms with van der Waals surface area (Å²) in [4.78, 5) is 2.40. The van der Waals surface area contributed by atoms with Crippen molar-refractivity contribution in [2.75, 3.05) is 32.8 Å². The number of likely N-dealkylation sites (N-methyl/N-ethyl adjacent to an activating group) is 1. The van der Waals surface area contributed by atoms with E-state index >= 15 is 0 Å². The molecular formula is C12H22N2O. The molecule has 0 spiro atoms. The third-order valence-electron chi connectivity index (χ3n) is 3.17. The summed E-state index contributed by atoms with van der Waals surface area (Å²) in [6.07, 6.45) is 3.18. The van der Waals surface area contributed by atoms with Crippen molar-refractivity contribution >= 4 is 0 Å². The average molecular weight is 210 g/mol. The maximum atomic E-state index is 8.75. The summed E-state index contributed by atoms with van der Waals surface area (Å²) in [5.41, 5.74) is 0.330. The molecule has 1 fully saturated rings. The Balaban J connectivity index is 2.24. The van der Waals surface area contributed by atoms with Gasteiger partial charge in [0.1, 0.15) is 0 Å². The monoisotopic (exact) mass is 210 g/mol. The van der Waals surface area contributed by atoms with Crippen LogP contribution < -0.4 is 0 Å². The number of ether oxygens (including phenoxy) is 1. The van der Waals surface area contributed by atoms with Crippen molar-refractivity contribution in [3.05, 3.63) is 0 Å². The lowest BCUT2D eigenvalue weighted by atomic mass is 10.0. The topological polar surface area (TPSA) is 36.3 Å². The highest BCUT2D eigenvalue weighted by molar-refractivity contribution is 5.01. The molecule has 1 aliphatic carbocycles. The SMILES string of the molecule is CCOCCN(CC)CC1(CC#N)CC1. The van der Waals surface area contributed by atoms with E-state index in [-0.39, 0.29) is 0 Å². The molecule has 1 aliphatic rings. The van der Waals surface area contributed by atoms with Gasteiger partial charge in [-0.25, -0.2) is 0 Å². The third kappa shape index (κ3) is 4.19. The lowest BCUT2D eigenvalue weighted by Gasteiger charge is -2.24. The molecule has 0 aromatic carbocycles. The van der Waals surface area contributed by atoms with Gasteiger partial charge in [0, 0.05) is 26.1 Å². The van der Waals surface area contributed by atoms with Gasteiger partial charge < -0.3 is 9.64 Å². The van der Waals surface area contributed by atoms with E-state index in [0.717, 1.165) is 39.3 Å². The fraction of sp³-hybridized carbons (Fsp3) is 0.917. The molecule has 3 heteroatoms. The first-order chi connectivity index (χ1) is 7.26. The van der Waals surface area contributed by atoms with Crippen LogP contribution in [0.1, 0.15) is 33.1 Å². The Labute approximate surface area is 93.0 Å². The van der Waals surface area contributed by atoms with Gasteiger partial charge in [0.25, 0.3) is 0 Å². The highest BCUT2D eigenvalue weighted by Gasteiger charge is 2.43. The van der Waals surface area contributed by atoms with Crippen molar-refractivity contribution in [2.24, 2.45) is 5.41 Å². The largest absolute Gasteiger partial charge is 0.380 e. The van der Waals surface area contributed by atoms with Gasteiger partial charge in [-0.15, -0.1) is 0 Å². The lowest BCUT2D eigenvalue weighted by Crippen LogP contribution is -2.33. The molecule has 86 valence electrons. The Morgan fingerprint density at radius 1 is 1.40 bits per heavy atom. The van der Waals surface area contributed by atoms with Crippen LogP contribution in [0.15, 0.2) is 0 Å². The second kappa shape index (κ2) is 6.09. The van der Waals surface area contributed by atoms with E-state index in [2.05, 4.69) is 17.9 Å². The van der Waals surface area contributed by atoms with Gasteiger partial charge in [0.15, 0.2) is 0 Å². The van der Waals surface area contributed by atoms with Crippen LogP contribution in [0.5, 0.6) is 0 Å². The quantitative estimate of drug-likeness (QED) is 0.575. The van der Waals surface area contributed by atoms with Crippen LogP contribution in [-0.2, 0) is 4.74 Å². The summed E-state index contributed by atoms with van der Waals surface area (Å²) in [6.45, 7) is 8.93. The smallest absolute Gasteiger partial charge is 0.0628 e. The summed E-state index contributed by atoms with van der Waals surface area (Å²) < 4.78 is 5.35. The maximum Gasteiger partial charge on any atom is 0.0628 e. The molecule has 0 aliphatic heterocycles. The van der Waals surface area contributed by atoms with E-state index in [1.165, 1.54) is 12.8 Å². The lowest BCUT2D eigenvalue weighted by molar-refractivity contribution is 0.106. The first-order valence-electron chi connectivity index (χ1n) is 5.93. The second-order valence-electron chi connectivity index (χ2n) is 4.40. The minimum Gasteiger partial charge on any atom is -0.380 e. The number of rotatable bonds is 8. The zero-order valence-corrected chi connectivity index (χ0v) is 9.96. The van der Waals surface area contributed by atoms with Crippen molar-refractivity contribution in [3.63, 3.8) is 0 Å². The molecule has 0 heterocycles. The minimum atomic E-state index is 0.330. The summed E-state index contributed by atoms with van der Waals surface area (Å²) in [6, 6.07) is 2.31. The van der Waals surface area contributed by atoms with Crippen molar-refractivity contribution in [1.29, 1.82) is 5.26 Å². The third-order valence-corrected chi connectivity index (χ3v) is 3.17. The molecule has 1 rings (SSSR count). The van der Waals surface area contributed by atoms with Crippen LogP contribution in [0.4, 0.5) is 0 Å². The zero-order valence-electron chi connectivity index (χ0n) is 9.96. The Bertz CT molecular complexity index is 218. The molecule has 3 nitrogen and oxygen atoms in total. The molecule has 0 unspecified atom stereocenters. The predicted octanol–water partition coefficient (Wildman–Crippen LogP) is 2.04. The molecule has 15 heavy (non-hydrogen) atoms. The van der Waals surface area contributed by atoms with E-state index in [4.69, 9.17) is 10.00 Å². The Hall–Kier alpha value is -0.590. The van der Waals surface area contributed by atoms with Gasteiger partial charge in [0.2, 0.25) is 0 Å². The predicted molar refractivity (Wildman–Crippen MR) is 60.5 cm³/mol. The van der Waals surface area contributed by atoms with Crippen molar-refractivity contribution in [2.45, 2.75) is 33.1 Å². The summed E-state index contributed by atoms with van der Waals surface area (Å²) in [5.74, 6) is 0. The van der Waals surface area contributed by atoms with Gasteiger partial charge >= 0.3 is 0 Å². The van der Waals surface area contributed by atoms with Crippen molar-refractivity contribution < 1.29 is 4.74 Å².